The SMILES string of the molecule is O=C(OC[C@H]1CN(c2ccc(-c3ccc(-c4nn[nH]n4)nc3)c(F)c2)C(=O)O1)OC[C@H]1CN(c2ccc(-c3ccc(-c4nn[nH]n4)nc3)c(F)c2)C(=O)O1. The maximum absolute atomic E-state index is 15.2. The molecule has 0 bridgehead atoms. The first-order valence-corrected chi connectivity index (χ1v) is 16.0. The minimum absolute atomic E-state index is 0.0293. The predicted molar refractivity (Wildman–Crippen MR) is 178 cm³/mol. The fourth-order valence-electron chi connectivity index (χ4n) is 5.73. The number of benzene rings is 2. The summed E-state index contributed by atoms with van der Waals surface area (Å²) in [5.74, 6) is -0.622. The van der Waals surface area contributed by atoms with Gasteiger partial charge in [0, 0.05) is 34.6 Å². The molecule has 6 aromatic rings. The second kappa shape index (κ2) is 14.3. The van der Waals surface area contributed by atoms with Crippen LogP contribution in [0, 0.1) is 11.6 Å². The van der Waals surface area contributed by atoms with Crippen LogP contribution in [0.4, 0.5) is 34.5 Å². The second-order valence-electron chi connectivity index (χ2n) is 11.8. The molecule has 272 valence electrons. The van der Waals surface area contributed by atoms with E-state index in [0.29, 0.717) is 34.2 Å². The van der Waals surface area contributed by atoms with Gasteiger partial charge in [-0.05, 0) is 59.0 Å². The third-order valence-corrected chi connectivity index (χ3v) is 8.35. The van der Waals surface area contributed by atoms with Gasteiger partial charge in [-0.2, -0.15) is 10.4 Å². The quantitative estimate of drug-likeness (QED) is 0.150. The normalized spacial score (nSPS) is 16.7. The lowest BCUT2D eigenvalue weighted by Crippen LogP contribution is -2.28. The molecule has 2 atom stereocenters. The van der Waals surface area contributed by atoms with E-state index in [-0.39, 0.29) is 48.8 Å². The minimum atomic E-state index is -1.09. The van der Waals surface area contributed by atoms with Crippen LogP contribution in [0.15, 0.2) is 73.1 Å². The van der Waals surface area contributed by atoms with Crippen LogP contribution in [0.2, 0.25) is 0 Å². The Balaban J connectivity index is 0.805. The first-order valence-electron chi connectivity index (χ1n) is 16.0. The van der Waals surface area contributed by atoms with Crippen molar-refractivity contribution in [2.24, 2.45) is 0 Å². The van der Waals surface area contributed by atoms with E-state index in [1.54, 1.807) is 36.4 Å². The summed E-state index contributed by atoms with van der Waals surface area (Å²) in [7, 11) is 0. The molecule has 2 saturated heterocycles. The zero-order valence-corrected chi connectivity index (χ0v) is 27.5. The van der Waals surface area contributed by atoms with E-state index in [1.807, 2.05) is 0 Å². The van der Waals surface area contributed by atoms with Crippen molar-refractivity contribution >= 4 is 29.7 Å². The van der Waals surface area contributed by atoms with Crippen LogP contribution in [0.5, 0.6) is 0 Å². The van der Waals surface area contributed by atoms with Crippen LogP contribution in [-0.2, 0) is 18.9 Å². The molecule has 0 radical (unpaired) electrons. The molecule has 0 spiro atoms. The number of hydrogen-bond donors (Lipinski definition) is 2. The Kier molecular flexibility index (Phi) is 8.91. The topological polar surface area (TPSA) is 229 Å². The van der Waals surface area contributed by atoms with E-state index in [0.717, 1.165) is 0 Å². The van der Waals surface area contributed by atoms with Gasteiger partial charge in [0.1, 0.15) is 36.2 Å². The standard InChI is InChI=1S/C33H24F2N12O7/c34-25-9-19(3-5-23(25)17-1-7-27(36-11-17)29-38-42-43-39-29)46-13-21(53-31(46)48)15-51-33(50)52-16-22-14-47(32(49)54-22)20-4-6-24(26(35)10-20)18-2-8-28(37-12-18)30-40-44-45-41-30/h1-12,21-22H,13-16H2,(H,38,39,42,43)(H,40,41,44,45)/t21-,22-/m1/s1. The fraction of sp³-hybridized carbons (Fsp3) is 0.182. The molecule has 21 heteroatoms. The van der Waals surface area contributed by atoms with Crippen molar-refractivity contribution in [2.45, 2.75) is 12.2 Å². The molecular formula is C33H24F2N12O7. The number of amides is 2. The number of H-pyrrole nitrogens is 2. The lowest BCUT2D eigenvalue weighted by atomic mass is 10.1. The van der Waals surface area contributed by atoms with Crippen LogP contribution in [0.3, 0.4) is 0 Å². The Morgan fingerprint density at radius 3 is 1.54 bits per heavy atom. The predicted octanol–water partition coefficient (Wildman–Crippen LogP) is 3.95. The first-order chi connectivity index (χ1) is 26.3. The number of carbonyl (C=O) groups excluding carboxylic acids is 3. The highest BCUT2D eigenvalue weighted by molar-refractivity contribution is 5.91. The second-order valence-corrected chi connectivity index (χ2v) is 11.8. The zero-order valence-electron chi connectivity index (χ0n) is 27.5. The average molecular weight is 739 g/mol. The van der Waals surface area contributed by atoms with Crippen LogP contribution < -0.4 is 9.80 Å². The van der Waals surface area contributed by atoms with Gasteiger partial charge in [0.2, 0.25) is 11.6 Å². The first kappa shape index (κ1) is 33.7. The molecule has 2 aliphatic heterocycles. The van der Waals surface area contributed by atoms with E-state index in [2.05, 4.69) is 51.2 Å². The molecule has 19 nitrogen and oxygen atoms in total. The van der Waals surface area contributed by atoms with Gasteiger partial charge in [-0.1, -0.05) is 12.1 Å². The van der Waals surface area contributed by atoms with Crippen molar-refractivity contribution < 1.29 is 42.1 Å². The van der Waals surface area contributed by atoms with Crippen molar-refractivity contribution in [3.63, 3.8) is 0 Å². The molecular weight excluding hydrogens is 714 g/mol. The number of pyridine rings is 2. The van der Waals surface area contributed by atoms with Crippen molar-refractivity contribution in [1.82, 2.24) is 51.2 Å². The Morgan fingerprint density at radius 1 is 0.704 bits per heavy atom. The van der Waals surface area contributed by atoms with Crippen molar-refractivity contribution in [1.29, 1.82) is 0 Å². The van der Waals surface area contributed by atoms with Crippen LogP contribution in [-0.4, -0.2) is 108 Å². The van der Waals surface area contributed by atoms with Gasteiger partial charge in [-0.3, -0.25) is 19.8 Å². The Bertz CT molecular complexity index is 2150. The van der Waals surface area contributed by atoms with Crippen molar-refractivity contribution in [2.75, 3.05) is 36.1 Å². The molecule has 2 amide bonds. The molecule has 2 N–H and O–H groups in total. The maximum Gasteiger partial charge on any atom is 0.508 e. The molecule has 2 fully saturated rings. The van der Waals surface area contributed by atoms with Gasteiger partial charge >= 0.3 is 18.3 Å². The molecule has 54 heavy (non-hydrogen) atoms. The zero-order chi connectivity index (χ0) is 37.2. The molecule has 2 aliphatic rings. The number of carbonyl (C=O) groups is 3. The minimum Gasteiger partial charge on any atom is -0.440 e. The summed E-state index contributed by atoms with van der Waals surface area (Å²) in [6.07, 6.45) is -1.41. The van der Waals surface area contributed by atoms with Gasteiger partial charge in [0.05, 0.1) is 24.5 Å². The molecule has 6 heterocycles. The molecule has 2 aromatic carbocycles. The summed E-state index contributed by atoms with van der Waals surface area (Å²) in [6, 6.07) is 15.0. The van der Waals surface area contributed by atoms with Crippen LogP contribution in [0.1, 0.15) is 0 Å². The Morgan fingerprint density at radius 2 is 1.17 bits per heavy atom. The van der Waals surface area contributed by atoms with Crippen molar-refractivity contribution in [3.8, 4) is 45.3 Å². The number of ether oxygens (including phenoxy) is 4. The number of halogens is 2. The van der Waals surface area contributed by atoms with Gasteiger partial charge in [0.25, 0.3) is 0 Å². The Labute approximate surface area is 301 Å². The number of aromatic nitrogens is 10. The van der Waals surface area contributed by atoms with E-state index >= 15 is 8.78 Å². The number of aromatic amines is 2. The summed E-state index contributed by atoms with van der Waals surface area (Å²) < 4.78 is 51.1. The van der Waals surface area contributed by atoms with Crippen LogP contribution in [0.25, 0.3) is 45.3 Å². The van der Waals surface area contributed by atoms with Gasteiger partial charge < -0.3 is 18.9 Å². The molecule has 0 aliphatic carbocycles. The smallest absolute Gasteiger partial charge is 0.440 e. The third-order valence-electron chi connectivity index (χ3n) is 8.35. The molecule has 0 saturated carbocycles. The van der Waals surface area contributed by atoms with E-state index in [9.17, 15) is 14.4 Å². The summed E-state index contributed by atoms with van der Waals surface area (Å²) in [6.45, 7) is -0.758. The third kappa shape index (κ3) is 6.91. The van der Waals surface area contributed by atoms with Gasteiger partial charge in [0.15, 0.2) is 12.2 Å². The highest BCUT2D eigenvalue weighted by Crippen LogP contribution is 2.31. The van der Waals surface area contributed by atoms with Gasteiger partial charge in [-0.15, -0.1) is 20.4 Å². The molecule has 4 aromatic heterocycles. The number of cyclic esters (lactones) is 2. The van der Waals surface area contributed by atoms with Gasteiger partial charge in [-0.25, -0.2) is 23.2 Å². The number of tetrazole rings is 2. The van der Waals surface area contributed by atoms with E-state index in [1.165, 1.54) is 46.5 Å². The number of rotatable bonds is 10. The molecule has 0 unspecified atom stereocenters. The highest BCUT2D eigenvalue weighted by atomic mass is 19.1. The van der Waals surface area contributed by atoms with E-state index < -0.39 is 42.2 Å². The van der Waals surface area contributed by atoms with E-state index in [4.69, 9.17) is 18.9 Å². The van der Waals surface area contributed by atoms with Crippen LogP contribution >= 0.6 is 0 Å². The average Bonchev–Trinajstić information content (AvgIpc) is 4.02. The molecule has 8 rings (SSSR count). The number of nitrogens with one attached hydrogen (secondary N) is 2. The van der Waals surface area contributed by atoms with Crippen molar-refractivity contribution in [3.05, 3.63) is 84.7 Å². The fourth-order valence-corrected chi connectivity index (χ4v) is 5.73. The number of anilines is 2. The summed E-state index contributed by atoms with van der Waals surface area (Å²) in [4.78, 5) is 48.4. The number of nitrogens with zero attached hydrogens (tertiary/aromatic N) is 10. The largest absolute Gasteiger partial charge is 0.508 e. The lowest BCUT2D eigenvalue weighted by Gasteiger charge is -2.15. The highest BCUT2D eigenvalue weighted by Gasteiger charge is 2.36. The lowest BCUT2D eigenvalue weighted by molar-refractivity contribution is 0.00638. The summed E-state index contributed by atoms with van der Waals surface area (Å²) in [5, 5.41) is 27.1. The maximum atomic E-state index is 15.2. The Hall–Kier alpha value is -7.45. The summed E-state index contributed by atoms with van der Waals surface area (Å²) >= 11 is 0. The monoisotopic (exact) mass is 738 g/mol. The number of hydrogen-bond acceptors (Lipinski definition) is 15. The summed E-state index contributed by atoms with van der Waals surface area (Å²) in [5.41, 5.74) is 2.85.